The third-order valence-corrected chi connectivity index (χ3v) is 7.40. The van der Waals surface area contributed by atoms with Crippen molar-refractivity contribution in [2.45, 2.75) is 40.5 Å². The van der Waals surface area contributed by atoms with E-state index in [1.807, 2.05) is 0 Å². The summed E-state index contributed by atoms with van der Waals surface area (Å²) in [5.41, 5.74) is 19.1. The molecule has 2 nitrogen and oxygen atoms in total. The number of nitrogens with zero attached hydrogens (tertiary/aromatic N) is 2. The Balaban J connectivity index is 1.58. The Morgan fingerprint density at radius 3 is 2.48 bits per heavy atom. The molecule has 2 aromatic heterocycles. The first-order valence-corrected chi connectivity index (χ1v) is 11.1. The van der Waals surface area contributed by atoms with E-state index in [1.54, 1.807) is 0 Å². The number of aryl methyl sites for hydroxylation is 4. The molecular formula is C29H27N2+. The molecule has 0 N–H and O–H groups in total. The highest BCUT2D eigenvalue weighted by molar-refractivity contribution is 5.87. The van der Waals surface area contributed by atoms with E-state index in [9.17, 15) is 0 Å². The quantitative estimate of drug-likeness (QED) is 0.310. The van der Waals surface area contributed by atoms with E-state index in [0.29, 0.717) is 0 Å². The molecule has 2 aromatic carbocycles. The summed E-state index contributed by atoms with van der Waals surface area (Å²) >= 11 is 0. The maximum absolute atomic E-state index is 5.02. The highest BCUT2D eigenvalue weighted by Crippen LogP contribution is 2.47. The zero-order valence-corrected chi connectivity index (χ0v) is 18.9. The second kappa shape index (κ2) is 6.37. The first-order chi connectivity index (χ1) is 14.9. The van der Waals surface area contributed by atoms with Crippen molar-refractivity contribution in [2.24, 2.45) is 7.05 Å². The molecule has 0 amide bonds. The van der Waals surface area contributed by atoms with Gasteiger partial charge in [-0.05, 0) is 79.1 Å². The lowest BCUT2D eigenvalue weighted by Gasteiger charge is -2.12. The molecule has 2 heteroatoms. The minimum absolute atomic E-state index is 0.963. The largest absolute Gasteiger partial charge is 0.255 e. The summed E-state index contributed by atoms with van der Waals surface area (Å²) in [6.07, 6.45) is 6.31. The van der Waals surface area contributed by atoms with E-state index in [1.165, 1.54) is 78.1 Å². The molecule has 152 valence electrons. The van der Waals surface area contributed by atoms with E-state index >= 15 is 0 Å². The Morgan fingerprint density at radius 1 is 0.806 bits per heavy atom. The van der Waals surface area contributed by atoms with Gasteiger partial charge >= 0.3 is 0 Å². The van der Waals surface area contributed by atoms with Crippen LogP contribution >= 0.6 is 0 Å². The molecule has 6 rings (SSSR count). The summed E-state index contributed by atoms with van der Waals surface area (Å²) in [6.45, 7) is 8.89. The molecule has 0 aliphatic heterocycles. The van der Waals surface area contributed by atoms with Crippen molar-refractivity contribution < 1.29 is 4.57 Å². The number of rotatable bonds is 1. The second-order valence-electron chi connectivity index (χ2n) is 9.36. The van der Waals surface area contributed by atoms with Gasteiger partial charge in [0.15, 0.2) is 6.20 Å². The van der Waals surface area contributed by atoms with Gasteiger partial charge in [0.2, 0.25) is 5.69 Å². The number of benzene rings is 2. The van der Waals surface area contributed by atoms with Crippen molar-refractivity contribution in [1.82, 2.24) is 4.98 Å². The van der Waals surface area contributed by atoms with Crippen molar-refractivity contribution in [3.63, 3.8) is 0 Å². The van der Waals surface area contributed by atoms with Gasteiger partial charge in [-0.1, -0.05) is 29.8 Å². The van der Waals surface area contributed by atoms with Gasteiger partial charge in [-0.3, -0.25) is 4.98 Å². The van der Waals surface area contributed by atoms with Crippen LogP contribution in [-0.4, -0.2) is 4.98 Å². The fraction of sp³-hybridized carbons (Fsp3) is 0.241. The number of fused-ring (bicyclic) bond motifs is 7. The third-order valence-electron chi connectivity index (χ3n) is 7.40. The van der Waals surface area contributed by atoms with E-state index in [-0.39, 0.29) is 0 Å². The highest BCUT2D eigenvalue weighted by Gasteiger charge is 2.34. The third kappa shape index (κ3) is 2.51. The van der Waals surface area contributed by atoms with Crippen molar-refractivity contribution >= 4 is 0 Å². The van der Waals surface area contributed by atoms with Gasteiger partial charge in [0.05, 0.1) is 5.69 Å². The standard InChI is InChI=1S/C29H27N2/c1-16-11-18(3)19(4)22(12-16)29-25-14-24-23-13-20-8-6-7-17(2)27(20)26(23)15-30-28(24)21(25)9-10-31(29)5/h6-12,15H,13-14H2,1-5H3/q+1. The molecule has 0 saturated carbocycles. The highest BCUT2D eigenvalue weighted by atomic mass is 14.9. The fourth-order valence-corrected chi connectivity index (χ4v) is 5.80. The molecule has 2 aliphatic carbocycles. The monoisotopic (exact) mass is 403 g/mol. The summed E-state index contributed by atoms with van der Waals surface area (Å²) in [5, 5.41) is 0. The van der Waals surface area contributed by atoms with Gasteiger partial charge in [-0.15, -0.1) is 0 Å². The Hall–Kier alpha value is -3.26. The summed E-state index contributed by atoms with van der Waals surface area (Å²) < 4.78 is 2.30. The van der Waals surface area contributed by atoms with Crippen LogP contribution in [-0.2, 0) is 19.9 Å². The molecule has 4 aromatic rings. The molecule has 0 atom stereocenters. The Morgan fingerprint density at radius 2 is 1.65 bits per heavy atom. The van der Waals surface area contributed by atoms with E-state index in [0.717, 1.165) is 12.8 Å². The normalized spacial score (nSPS) is 13.1. The Kier molecular flexibility index (Phi) is 3.80. The van der Waals surface area contributed by atoms with Gasteiger partial charge in [-0.25, -0.2) is 4.57 Å². The first-order valence-electron chi connectivity index (χ1n) is 11.1. The summed E-state index contributed by atoms with van der Waals surface area (Å²) in [4.78, 5) is 5.02. The zero-order chi connectivity index (χ0) is 21.4. The molecule has 0 fully saturated rings. The minimum Gasteiger partial charge on any atom is -0.255 e. The molecule has 0 unspecified atom stereocenters. The smallest absolute Gasteiger partial charge is 0.216 e. The van der Waals surface area contributed by atoms with Crippen LogP contribution in [0, 0.1) is 27.7 Å². The van der Waals surface area contributed by atoms with E-state index < -0.39 is 0 Å². The van der Waals surface area contributed by atoms with Crippen molar-refractivity contribution in [1.29, 1.82) is 0 Å². The molecule has 0 radical (unpaired) electrons. The molecule has 31 heavy (non-hydrogen) atoms. The average Bonchev–Trinajstić information content (AvgIpc) is 3.29. The summed E-state index contributed by atoms with van der Waals surface area (Å²) in [6, 6.07) is 13.6. The maximum Gasteiger partial charge on any atom is 0.216 e. The van der Waals surface area contributed by atoms with Gasteiger partial charge in [0.1, 0.15) is 7.05 Å². The van der Waals surface area contributed by atoms with Crippen LogP contribution in [0.4, 0.5) is 0 Å². The van der Waals surface area contributed by atoms with E-state index in [4.69, 9.17) is 4.98 Å². The molecule has 0 saturated heterocycles. The predicted molar refractivity (Wildman–Crippen MR) is 126 cm³/mol. The average molecular weight is 404 g/mol. The van der Waals surface area contributed by atoms with Gasteiger partial charge in [0, 0.05) is 40.9 Å². The van der Waals surface area contributed by atoms with Crippen LogP contribution in [0.1, 0.15) is 44.5 Å². The van der Waals surface area contributed by atoms with Gasteiger partial charge in [-0.2, -0.15) is 0 Å². The van der Waals surface area contributed by atoms with Crippen LogP contribution in [0.3, 0.4) is 0 Å². The fourth-order valence-electron chi connectivity index (χ4n) is 5.80. The lowest BCUT2D eigenvalue weighted by Crippen LogP contribution is -2.32. The molecular weight excluding hydrogens is 376 g/mol. The van der Waals surface area contributed by atoms with E-state index in [2.05, 4.69) is 88.1 Å². The Labute approximate surface area is 184 Å². The number of hydrogen-bond acceptors (Lipinski definition) is 1. The molecule has 2 aliphatic rings. The van der Waals surface area contributed by atoms with Crippen LogP contribution in [0.2, 0.25) is 0 Å². The van der Waals surface area contributed by atoms with Crippen molar-refractivity contribution in [2.75, 3.05) is 0 Å². The van der Waals surface area contributed by atoms with Crippen LogP contribution in [0.25, 0.3) is 33.6 Å². The number of pyridine rings is 2. The SMILES string of the molecule is Cc1cc(C)c(C)c(-c2c3c(cc[n+]2C)-c2ncc4c(c2C3)Cc2cccc(C)c2-4)c1. The van der Waals surface area contributed by atoms with Crippen molar-refractivity contribution in [3.8, 4) is 33.6 Å². The minimum atomic E-state index is 0.963. The van der Waals surface area contributed by atoms with Crippen molar-refractivity contribution in [3.05, 3.63) is 93.3 Å². The molecule has 0 bridgehead atoms. The van der Waals surface area contributed by atoms with Crippen LogP contribution in [0.15, 0.2) is 48.8 Å². The number of aromatic nitrogens is 2. The number of hydrogen-bond donors (Lipinski definition) is 0. The summed E-state index contributed by atoms with van der Waals surface area (Å²) in [5.74, 6) is 0. The lowest BCUT2D eigenvalue weighted by molar-refractivity contribution is -0.660. The second-order valence-corrected chi connectivity index (χ2v) is 9.36. The van der Waals surface area contributed by atoms with Crippen LogP contribution < -0.4 is 4.57 Å². The zero-order valence-electron chi connectivity index (χ0n) is 18.9. The molecule has 2 heterocycles. The van der Waals surface area contributed by atoms with Gasteiger partial charge in [0.25, 0.3) is 0 Å². The predicted octanol–water partition coefficient (Wildman–Crippen LogP) is 5.95. The Bertz CT molecular complexity index is 1430. The first kappa shape index (κ1) is 18.5. The molecule has 0 spiro atoms. The topological polar surface area (TPSA) is 16.8 Å². The lowest BCUT2D eigenvalue weighted by atomic mass is 9.93. The van der Waals surface area contributed by atoms with Crippen LogP contribution in [0.5, 0.6) is 0 Å². The maximum atomic E-state index is 5.02. The summed E-state index contributed by atoms with van der Waals surface area (Å²) in [7, 11) is 2.17. The van der Waals surface area contributed by atoms with Gasteiger partial charge < -0.3 is 0 Å².